The minimum Gasteiger partial charge on any atom is -0.397 e. The van der Waals surface area contributed by atoms with Gasteiger partial charge in [0.05, 0.1) is 11.4 Å². The first-order valence-corrected chi connectivity index (χ1v) is 8.04. The van der Waals surface area contributed by atoms with E-state index in [0.29, 0.717) is 0 Å². The van der Waals surface area contributed by atoms with Gasteiger partial charge in [-0.05, 0) is 37.5 Å². The summed E-state index contributed by atoms with van der Waals surface area (Å²) in [5, 5.41) is 3.66. The van der Waals surface area contributed by atoms with Gasteiger partial charge in [-0.3, -0.25) is 4.90 Å². The molecule has 0 saturated carbocycles. The van der Waals surface area contributed by atoms with Crippen LogP contribution in [0.1, 0.15) is 25.3 Å². The summed E-state index contributed by atoms with van der Waals surface area (Å²) in [5.74, 6) is 0. The van der Waals surface area contributed by atoms with Gasteiger partial charge in [0.1, 0.15) is 0 Å². The molecule has 3 heteroatoms. The molecule has 22 heavy (non-hydrogen) atoms. The zero-order chi connectivity index (χ0) is 15.4. The number of nitrogens with one attached hydrogen (secondary N) is 1. The van der Waals surface area contributed by atoms with Gasteiger partial charge in [0.15, 0.2) is 0 Å². The van der Waals surface area contributed by atoms with Crippen molar-refractivity contribution in [2.75, 3.05) is 24.1 Å². The van der Waals surface area contributed by atoms with Crippen molar-refractivity contribution in [3.63, 3.8) is 0 Å². The van der Waals surface area contributed by atoms with Gasteiger partial charge >= 0.3 is 0 Å². The van der Waals surface area contributed by atoms with Crippen molar-refractivity contribution in [2.24, 2.45) is 0 Å². The molecule has 0 bridgehead atoms. The number of piperidine rings is 1. The van der Waals surface area contributed by atoms with E-state index in [1.165, 1.54) is 5.56 Å². The molecule has 2 aromatic rings. The quantitative estimate of drug-likeness (QED) is 0.844. The second kappa shape index (κ2) is 6.41. The van der Waals surface area contributed by atoms with Crippen LogP contribution in [0.25, 0.3) is 0 Å². The number of nitrogens with zero attached hydrogens (tertiary/aromatic N) is 1. The Balaban J connectivity index is 1.57. The Morgan fingerprint density at radius 2 is 1.64 bits per heavy atom. The van der Waals surface area contributed by atoms with E-state index in [1.807, 2.05) is 18.2 Å². The number of benzene rings is 2. The topological polar surface area (TPSA) is 41.3 Å². The Bertz CT molecular complexity index is 601. The highest BCUT2D eigenvalue weighted by Crippen LogP contribution is 2.29. The molecule has 0 aliphatic carbocycles. The van der Waals surface area contributed by atoms with E-state index in [9.17, 15) is 0 Å². The first kappa shape index (κ1) is 14.9. The highest BCUT2D eigenvalue weighted by Gasteiger charge is 2.30. The number of likely N-dealkylation sites (tertiary alicyclic amines) is 1. The van der Waals surface area contributed by atoms with E-state index in [1.54, 1.807) is 0 Å². The second-order valence-corrected chi connectivity index (χ2v) is 6.53. The van der Waals surface area contributed by atoms with Crippen LogP contribution in [0, 0.1) is 0 Å². The molecule has 1 aliphatic rings. The van der Waals surface area contributed by atoms with Crippen LogP contribution < -0.4 is 11.1 Å². The van der Waals surface area contributed by atoms with Crippen LogP contribution in [-0.2, 0) is 6.54 Å². The van der Waals surface area contributed by atoms with Crippen LogP contribution in [0.4, 0.5) is 11.4 Å². The fourth-order valence-corrected chi connectivity index (χ4v) is 3.11. The number of nitrogen functional groups attached to an aromatic ring is 1. The summed E-state index contributed by atoms with van der Waals surface area (Å²) < 4.78 is 0. The van der Waals surface area contributed by atoms with E-state index in [4.69, 9.17) is 5.73 Å². The Kier molecular flexibility index (Phi) is 4.34. The van der Waals surface area contributed by atoms with Gasteiger partial charge in [0.2, 0.25) is 0 Å². The predicted octanol–water partition coefficient (Wildman–Crippen LogP) is 3.74. The Hall–Kier alpha value is -2.00. The molecule has 1 aliphatic heterocycles. The van der Waals surface area contributed by atoms with E-state index >= 15 is 0 Å². The van der Waals surface area contributed by atoms with Crippen LogP contribution in [0.2, 0.25) is 0 Å². The molecular formula is C19H25N3. The summed E-state index contributed by atoms with van der Waals surface area (Å²) in [6.45, 7) is 5.58. The summed E-state index contributed by atoms with van der Waals surface area (Å²) in [6.07, 6.45) is 2.27. The Morgan fingerprint density at radius 1 is 1.00 bits per heavy atom. The molecule has 3 N–H and O–H groups in total. The lowest BCUT2D eigenvalue weighted by atomic mass is 9.89. The third-order valence-electron chi connectivity index (χ3n) is 4.61. The monoisotopic (exact) mass is 295 g/mol. The molecule has 0 radical (unpaired) electrons. The molecule has 1 fully saturated rings. The van der Waals surface area contributed by atoms with E-state index in [-0.39, 0.29) is 5.54 Å². The molecule has 3 rings (SSSR count). The van der Waals surface area contributed by atoms with Gasteiger partial charge in [-0.25, -0.2) is 0 Å². The highest BCUT2D eigenvalue weighted by molar-refractivity contribution is 5.66. The maximum Gasteiger partial charge on any atom is 0.0578 e. The zero-order valence-corrected chi connectivity index (χ0v) is 13.3. The van der Waals surface area contributed by atoms with Crippen LogP contribution in [0.5, 0.6) is 0 Å². The van der Waals surface area contributed by atoms with Crippen molar-refractivity contribution in [2.45, 2.75) is 31.8 Å². The summed E-state index contributed by atoms with van der Waals surface area (Å²) in [5.41, 5.74) is 9.46. The summed E-state index contributed by atoms with van der Waals surface area (Å²) in [7, 11) is 0. The third kappa shape index (κ3) is 3.60. The van der Waals surface area contributed by atoms with Gasteiger partial charge in [-0.15, -0.1) is 0 Å². The number of hydrogen-bond acceptors (Lipinski definition) is 3. The van der Waals surface area contributed by atoms with Gasteiger partial charge < -0.3 is 11.1 Å². The minimum atomic E-state index is 0.128. The highest BCUT2D eigenvalue weighted by atomic mass is 15.2. The predicted molar refractivity (Wildman–Crippen MR) is 93.8 cm³/mol. The van der Waals surface area contributed by atoms with Crippen molar-refractivity contribution in [1.82, 2.24) is 4.90 Å². The van der Waals surface area contributed by atoms with Crippen molar-refractivity contribution in [3.8, 4) is 0 Å². The molecule has 0 atom stereocenters. The first-order chi connectivity index (χ1) is 10.6. The summed E-state index contributed by atoms with van der Waals surface area (Å²) in [4.78, 5) is 2.53. The van der Waals surface area contributed by atoms with Gasteiger partial charge in [0.25, 0.3) is 0 Å². The maximum absolute atomic E-state index is 6.05. The van der Waals surface area contributed by atoms with Gasteiger partial charge in [-0.1, -0.05) is 42.5 Å². The molecule has 116 valence electrons. The average Bonchev–Trinajstić information content (AvgIpc) is 2.53. The Morgan fingerprint density at radius 3 is 2.32 bits per heavy atom. The normalized spacial score (nSPS) is 18.0. The number of hydrogen-bond donors (Lipinski definition) is 2. The number of anilines is 2. The van der Waals surface area contributed by atoms with Crippen molar-refractivity contribution in [3.05, 3.63) is 60.2 Å². The molecule has 0 unspecified atom stereocenters. The standard InChI is InChI=1S/C19H25N3/c1-19(21-18-10-6-5-9-17(18)20)11-13-22(14-12-19)15-16-7-3-2-4-8-16/h2-10,21H,11-15,20H2,1H3. The lowest BCUT2D eigenvalue weighted by Gasteiger charge is -2.41. The fourth-order valence-electron chi connectivity index (χ4n) is 3.11. The van der Waals surface area contributed by atoms with Crippen molar-refractivity contribution in [1.29, 1.82) is 0 Å². The minimum absolute atomic E-state index is 0.128. The lowest BCUT2D eigenvalue weighted by molar-refractivity contribution is 0.175. The van der Waals surface area contributed by atoms with Crippen LogP contribution in [0.3, 0.4) is 0 Å². The largest absolute Gasteiger partial charge is 0.397 e. The maximum atomic E-state index is 6.05. The van der Waals surface area contributed by atoms with Crippen LogP contribution in [0.15, 0.2) is 54.6 Å². The molecular weight excluding hydrogens is 270 g/mol. The fraction of sp³-hybridized carbons (Fsp3) is 0.368. The third-order valence-corrected chi connectivity index (χ3v) is 4.61. The van der Waals surface area contributed by atoms with Gasteiger partial charge in [-0.2, -0.15) is 0 Å². The summed E-state index contributed by atoms with van der Waals surface area (Å²) in [6, 6.07) is 18.7. The zero-order valence-electron chi connectivity index (χ0n) is 13.3. The second-order valence-electron chi connectivity index (χ2n) is 6.53. The summed E-state index contributed by atoms with van der Waals surface area (Å²) >= 11 is 0. The Labute approximate surface area is 133 Å². The molecule has 0 spiro atoms. The lowest BCUT2D eigenvalue weighted by Crippen LogP contribution is -2.47. The molecule has 1 saturated heterocycles. The van der Waals surface area contributed by atoms with Crippen LogP contribution in [-0.4, -0.2) is 23.5 Å². The SMILES string of the molecule is CC1(Nc2ccccc2N)CCN(Cc2ccccc2)CC1. The molecule has 0 aromatic heterocycles. The van der Waals surface area contributed by atoms with E-state index < -0.39 is 0 Å². The van der Waals surface area contributed by atoms with E-state index in [0.717, 1.165) is 43.9 Å². The van der Waals surface area contributed by atoms with Crippen molar-refractivity contribution < 1.29 is 0 Å². The smallest absolute Gasteiger partial charge is 0.0578 e. The van der Waals surface area contributed by atoms with E-state index in [2.05, 4.69) is 53.5 Å². The van der Waals surface area contributed by atoms with Crippen LogP contribution >= 0.6 is 0 Å². The van der Waals surface area contributed by atoms with Gasteiger partial charge in [0, 0.05) is 25.2 Å². The molecule has 1 heterocycles. The molecule has 2 aromatic carbocycles. The van der Waals surface area contributed by atoms with Crippen molar-refractivity contribution >= 4 is 11.4 Å². The number of nitrogens with two attached hydrogens (primary N) is 1. The number of rotatable bonds is 4. The first-order valence-electron chi connectivity index (χ1n) is 8.04. The number of para-hydroxylation sites is 2. The molecule has 0 amide bonds. The average molecular weight is 295 g/mol. The molecule has 3 nitrogen and oxygen atoms in total.